The Hall–Kier alpha value is -3.66. The van der Waals surface area contributed by atoms with Gasteiger partial charge >= 0.3 is 0 Å². The zero-order valence-electron chi connectivity index (χ0n) is 13.2. The topological polar surface area (TPSA) is 88.0 Å². The van der Waals surface area contributed by atoms with Crippen LogP contribution in [0.15, 0.2) is 48.8 Å². The third kappa shape index (κ3) is 3.05. The summed E-state index contributed by atoms with van der Waals surface area (Å²) in [6.45, 7) is 0.438. The van der Waals surface area contributed by atoms with Gasteiger partial charge in [-0.15, -0.1) is 0 Å². The van der Waals surface area contributed by atoms with Gasteiger partial charge in [-0.1, -0.05) is 18.1 Å². The number of fused-ring (bicyclic) bond motifs is 2. The van der Waals surface area contributed by atoms with Gasteiger partial charge < -0.3 is 10.3 Å². The van der Waals surface area contributed by atoms with Crippen molar-refractivity contribution in [3.05, 3.63) is 60.3 Å². The van der Waals surface area contributed by atoms with E-state index in [2.05, 4.69) is 37.2 Å². The van der Waals surface area contributed by atoms with Crippen LogP contribution in [0.3, 0.4) is 0 Å². The lowest BCUT2D eigenvalue weighted by Crippen LogP contribution is -2.25. The monoisotopic (exact) mass is 330 g/mol. The maximum Gasteiger partial charge on any atom is 0.287 e. The summed E-state index contributed by atoms with van der Waals surface area (Å²) < 4.78 is 1.68. The van der Waals surface area contributed by atoms with Gasteiger partial charge in [0.1, 0.15) is 5.69 Å². The molecule has 2 N–H and O–H groups in total. The first-order chi connectivity index (χ1) is 12.3. The highest BCUT2D eigenvalue weighted by molar-refractivity contribution is 5.94. The van der Waals surface area contributed by atoms with Gasteiger partial charge in [0.2, 0.25) is 0 Å². The molecule has 1 amide bonds. The van der Waals surface area contributed by atoms with E-state index < -0.39 is 0 Å². The fourth-order valence-electron chi connectivity index (χ4n) is 2.45. The van der Waals surface area contributed by atoms with E-state index in [9.17, 15) is 4.79 Å². The number of para-hydroxylation sites is 2. The van der Waals surface area contributed by atoms with Crippen LogP contribution >= 0.6 is 0 Å². The Kier molecular flexibility index (Phi) is 3.85. The molecule has 0 fully saturated rings. The molecule has 0 radical (unpaired) electrons. The van der Waals surface area contributed by atoms with Crippen molar-refractivity contribution in [2.75, 3.05) is 6.54 Å². The summed E-state index contributed by atoms with van der Waals surface area (Å²) in [6, 6.07) is 11.2. The SMILES string of the molecule is O=C(NCCC#Cc1cnc2cccnn12)c1nc2ccccc2[nH]1. The Morgan fingerprint density at radius 2 is 2.16 bits per heavy atom. The molecule has 0 bridgehead atoms. The molecule has 0 spiro atoms. The van der Waals surface area contributed by atoms with E-state index in [0.29, 0.717) is 18.8 Å². The van der Waals surface area contributed by atoms with E-state index in [1.807, 2.05) is 36.4 Å². The first-order valence-electron chi connectivity index (χ1n) is 7.82. The Morgan fingerprint density at radius 3 is 3.08 bits per heavy atom. The quantitative estimate of drug-likeness (QED) is 0.443. The first kappa shape index (κ1) is 14.9. The smallest absolute Gasteiger partial charge is 0.287 e. The van der Waals surface area contributed by atoms with E-state index in [4.69, 9.17) is 0 Å². The van der Waals surface area contributed by atoms with Crippen LogP contribution in [0.25, 0.3) is 16.7 Å². The van der Waals surface area contributed by atoms with Gasteiger partial charge in [-0.2, -0.15) is 5.10 Å². The highest BCUT2D eigenvalue weighted by Gasteiger charge is 2.09. The minimum absolute atomic E-state index is 0.241. The van der Waals surface area contributed by atoms with E-state index in [0.717, 1.165) is 22.4 Å². The summed E-state index contributed by atoms with van der Waals surface area (Å²) in [5.74, 6) is 6.10. The van der Waals surface area contributed by atoms with Crippen LogP contribution in [0.1, 0.15) is 22.7 Å². The number of benzene rings is 1. The van der Waals surface area contributed by atoms with Crippen molar-refractivity contribution in [3.63, 3.8) is 0 Å². The van der Waals surface area contributed by atoms with E-state index >= 15 is 0 Å². The normalized spacial score (nSPS) is 10.6. The molecule has 1 aromatic carbocycles. The number of H-pyrrole nitrogens is 1. The number of hydrogen-bond donors (Lipinski definition) is 2. The van der Waals surface area contributed by atoms with Crippen molar-refractivity contribution in [1.29, 1.82) is 0 Å². The minimum atomic E-state index is -0.241. The van der Waals surface area contributed by atoms with E-state index in [1.54, 1.807) is 16.9 Å². The Bertz CT molecular complexity index is 1080. The number of nitrogens with zero attached hydrogens (tertiary/aromatic N) is 4. The first-order valence-corrected chi connectivity index (χ1v) is 7.82. The van der Waals surface area contributed by atoms with Crippen LogP contribution in [0.5, 0.6) is 0 Å². The lowest BCUT2D eigenvalue weighted by atomic mass is 10.3. The molecule has 0 atom stereocenters. The second-order valence-corrected chi connectivity index (χ2v) is 5.35. The summed E-state index contributed by atoms with van der Waals surface area (Å²) in [5.41, 5.74) is 3.09. The molecule has 3 heterocycles. The average molecular weight is 330 g/mol. The maximum atomic E-state index is 12.1. The molecular weight excluding hydrogens is 316 g/mol. The van der Waals surface area contributed by atoms with Gasteiger partial charge in [-0.05, 0) is 30.2 Å². The lowest BCUT2D eigenvalue weighted by Gasteiger charge is -1.98. The number of carbonyl (C=O) groups excluding carboxylic acids is 1. The van der Waals surface area contributed by atoms with Crippen molar-refractivity contribution in [2.45, 2.75) is 6.42 Å². The number of aromatic amines is 1. The van der Waals surface area contributed by atoms with E-state index in [-0.39, 0.29) is 5.91 Å². The van der Waals surface area contributed by atoms with Gasteiger partial charge in [0, 0.05) is 19.2 Å². The molecule has 7 heteroatoms. The molecule has 0 aliphatic rings. The Balaban J connectivity index is 1.36. The second-order valence-electron chi connectivity index (χ2n) is 5.35. The number of nitrogens with one attached hydrogen (secondary N) is 2. The fraction of sp³-hybridized carbons (Fsp3) is 0.111. The van der Waals surface area contributed by atoms with Crippen molar-refractivity contribution >= 4 is 22.6 Å². The van der Waals surface area contributed by atoms with Crippen molar-refractivity contribution in [2.24, 2.45) is 0 Å². The Morgan fingerprint density at radius 1 is 1.24 bits per heavy atom. The van der Waals surface area contributed by atoms with E-state index in [1.165, 1.54) is 0 Å². The van der Waals surface area contributed by atoms with Crippen molar-refractivity contribution < 1.29 is 4.79 Å². The summed E-state index contributed by atoms with van der Waals surface area (Å²) in [4.78, 5) is 23.6. The van der Waals surface area contributed by atoms with Gasteiger partial charge in [0.25, 0.3) is 5.91 Å². The molecular formula is C18H14N6O. The molecule has 7 nitrogen and oxygen atoms in total. The minimum Gasteiger partial charge on any atom is -0.348 e. The molecule has 122 valence electrons. The largest absolute Gasteiger partial charge is 0.348 e. The third-order valence-electron chi connectivity index (χ3n) is 3.63. The number of rotatable bonds is 3. The van der Waals surface area contributed by atoms with Crippen LogP contribution < -0.4 is 5.32 Å². The lowest BCUT2D eigenvalue weighted by molar-refractivity contribution is 0.0945. The molecule has 0 aliphatic heterocycles. The number of imidazole rings is 2. The predicted octanol–water partition coefficient (Wildman–Crippen LogP) is 1.78. The zero-order valence-corrected chi connectivity index (χ0v) is 13.2. The van der Waals surface area contributed by atoms with Gasteiger partial charge in [0.05, 0.1) is 17.2 Å². The highest BCUT2D eigenvalue weighted by atomic mass is 16.2. The summed E-state index contributed by atoms with van der Waals surface area (Å²) in [6.07, 6.45) is 3.89. The van der Waals surface area contributed by atoms with Crippen LogP contribution in [-0.2, 0) is 0 Å². The highest BCUT2D eigenvalue weighted by Crippen LogP contribution is 2.09. The number of amides is 1. The molecule has 0 aliphatic carbocycles. The number of hydrogen-bond acceptors (Lipinski definition) is 4. The molecule has 4 aromatic rings. The van der Waals surface area contributed by atoms with Gasteiger partial charge in [-0.25, -0.2) is 14.5 Å². The second kappa shape index (κ2) is 6.45. The van der Waals surface area contributed by atoms with Gasteiger partial charge in [-0.3, -0.25) is 4.79 Å². The summed E-state index contributed by atoms with van der Waals surface area (Å²) in [5, 5.41) is 7.00. The average Bonchev–Trinajstić information content (AvgIpc) is 3.25. The number of carbonyl (C=O) groups is 1. The molecule has 4 rings (SSSR count). The standard InChI is InChI=1S/C18H14N6O/c25-18(17-22-14-7-1-2-8-15(14)23-17)19-10-4-3-6-13-12-20-16-9-5-11-21-24(13)16/h1-2,5,7-9,11-12H,4,10H2,(H,19,25)(H,22,23). The number of aromatic nitrogens is 5. The molecule has 0 saturated carbocycles. The van der Waals surface area contributed by atoms with Gasteiger partial charge in [0.15, 0.2) is 11.5 Å². The molecule has 0 saturated heterocycles. The van der Waals surface area contributed by atoms with Crippen LogP contribution in [0.4, 0.5) is 0 Å². The van der Waals surface area contributed by atoms with Crippen LogP contribution in [0, 0.1) is 11.8 Å². The molecule has 3 aromatic heterocycles. The summed E-state index contributed by atoms with van der Waals surface area (Å²) in [7, 11) is 0. The maximum absolute atomic E-state index is 12.1. The predicted molar refractivity (Wildman–Crippen MR) is 92.9 cm³/mol. The zero-order chi connectivity index (χ0) is 17.1. The summed E-state index contributed by atoms with van der Waals surface area (Å²) >= 11 is 0. The van der Waals surface area contributed by atoms with Crippen LogP contribution in [0.2, 0.25) is 0 Å². The molecule has 0 unspecified atom stereocenters. The third-order valence-corrected chi connectivity index (χ3v) is 3.63. The fourth-order valence-corrected chi connectivity index (χ4v) is 2.45. The molecule has 25 heavy (non-hydrogen) atoms. The van der Waals surface area contributed by atoms with Crippen molar-refractivity contribution in [3.8, 4) is 11.8 Å². The van der Waals surface area contributed by atoms with Crippen molar-refractivity contribution in [1.82, 2.24) is 29.9 Å². The Labute approximate surface area is 143 Å². The van der Waals surface area contributed by atoms with Crippen LogP contribution in [-0.4, -0.2) is 37.0 Å².